The number of nitrogens with zero attached hydrogens (tertiary/aromatic N) is 1. The van der Waals surface area contributed by atoms with Crippen molar-refractivity contribution >= 4 is 50.9 Å². The van der Waals surface area contributed by atoms with Crippen molar-refractivity contribution in [2.45, 2.75) is 16.5 Å². The first-order chi connectivity index (χ1) is 11.6. The summed E-state index contributed by atoms with van der Waals surface area (Å²) in [4.78, 5) is 5.28. The molecule has 0 amide bonds. The van der Waals surface area contributed by atoms with Crippen molar-refractivity contribution < 1.29 is 4.74 Å². The first-order valence-electron chi connectivity index (χ1n) is 7.07. The summed E-state index contributed by atoms with van der Waals surface area (Å²) in [7, 11) is 0. The van der Waals surface area contributed by atoms with Crippen LogP contribution in [0.15, 0.2) is 75.2 Å². The van der Waals surface area contributed by atoms with Crippen LogP contribution in [0.4, 0.5) is 0 Å². The molecule has 0 spiro atoms. The summed E-state index contributed by atoms with van der Waals surface area (Å²) in [5, 5.41) is 1.77. The number of rotatable bonds is 5. The van der Waals surface area contributed by atoms with Gasteiger partial charge >= 0.3 is 0 Å². The Morgan fingerprint density at radius 1 is 1.04 bits per heavy atom. The maximum absolute atomic E-state index is 6.27. The van der Waals surface area contributed by atoms with E-state index in [4.69, 9.17) is 27.9 Å². The van der Waals surface area contributed by atoms with Crippen molar-refractivity contribution in [3.05, 3.63) is 80.9 Å². The highest BCUT2D eigenvalue weighted by Crippen LogP contribution is 2.40. The lowest BCUT2D eigenvalue weighted by Gasteiger charge is -2.12. The second-order valence-corrected chi connectivity index (χ2v) is 7.62. The van der Waals surface area contributed by atoms with Crippen LogP contribution in [0.1, 0.15) is 5.56 Å². The van der Waals surface area contributed by atoms with Gasteiger partial charge in [-0.05, 0) is 39.7 Å². The van der Waals surface area contributed by atoms with Crippen LogP contribution in [0.2, 0.25) is 10.0 Å². The number of aromatic nitrogens is 1. The van der Waals surface area contributed by atoms with Crippen molar-refractivity contribution in [3.8, 4) is 5.75 Å². The Kier molecular flexibility index (Phi) is 6.06. The van der Waals surface area contributed by atoms with Gasteiger partial charge in [0, 0.05) is 15.6 Å². The molecule has 2 aromatic carbocycles. The number of ether oxygens (including phenoxy) is 1. The molecule has 0 N–H and O–H groups in total. The summed E-state index contributed by atoms with van der Waals surface area (Å²) >= 11 is 17.2. The van der Waals surface area contributed by atoms with Crippen molar-refractivity contribution in [3.63, 3.8) is 0 Å². The van der Waals surface area contributed by atoms with Crippen molar-refractivity contribution in [1.82, 2.24) is 4.98 Å². The normalized spacial score (nSPS) is 10.6. The van der Waals surface area contributed by atoms with E-state index < -0.39 is 0 Å². The van der Waals surface area contributed by atoms with E-state index in [9.17, 15) is 0 Å². The van der Waals surface area contributed by atoms with Gasteiger partial charge in [0.05, 0.1) is 10.0 Å². The minimum absolute atomic E-state index is 0.468. The predicted molar refractivity (Wildman–Crippen MR) is 103 cm³/mol. The van der Waals surface area contributed by atoms with Gasteiger partial charge in [0.1, 0.15) is 11.6 Å². The summed E-state index contributed by atoms with van der Waals surface area (Å²) in [6.07, 6.45) is 1.73. The second-order valence-electron chi connectivity index (χ2n) is 4.89. The minimum atomic E-state index is 0.468. The van der Waals surface area contributed by atoms with Gasteiger partial charge in [-0.15, -0.1) is 0 Å². The van der Waals surface area contributed by atoms with Gasteiger partial charge in [0.2, 0.25) is 0 Å². The van der Waals surface area contributed by atoms with Crippen LogP contribution in [-0.2, 0) is 6.61 Å². The maximum atomic E-state index is 6.27. The number of hydrogen-bond donors (Lipinski definition) is 0. The fourth-order valence-electron chi connectivity index (χ4n) is 1.99. The van der Waals surface area contributed by atoms with E-state index in [2.05, 4.69) is 20.9 Å². The summed E-state index contributed by atoms with van der Waals surface area (Å²) in [5.41, 5.74) is 1.09. The van der Waals surface area contributed by atoms with Crippen LogP contribution in [-0.4, -0.2) is 4.98 Å². The fraction of sp³-hybridized carbons (Fsp3) is 0.0556. The summed E-state index contributed by atoms with van der Waals surface area (Å²) in [6.45, 7) is 0.468. The molecular formula is C18H12BrCl2NOS. The average Bonchev–Trinajstić information content (AvgIpc) is 2.60. The molecule has 122 valence electrons. The molecule has 0 saturated heterocycles. The lowest BCUT2D eigenvalue weighted by molar-refractivity contribution is 0.296. The van der Waals surface area contributed by atoms with Crippen molar-refractivity contribution in [2.24, 2.45) is 0 Å². The standard InChI is InChI=1S/C18H12BrCl2NOS/c19-13-9-15(23-11-12-5-2-1-3-6-12)18(22-10-13)24-16-8-4-7-14(20)17(16)21/h1-10H,11H2. The molecule has 0 unspecified atom stereocenters. The van der Waals surface area contributed by atoms with Gasteiger partial charge in [0.25, 0.3) is 0 Å². The first kappa shape index (κ1) is 17.6. The van der Waals surface area contributed by atoms with Crippen LogP contribution in [0.25, 0.3) is 0 Å². The van der Waals surface area contributed by atoms with E-state index in [1.54, 1.807) is 12.3 Å². The third-order valence-electron chi connectivity index (χ3n) is 3.14. The third kappa shape index (κ3) is 4.45. The second kappa shape index (κ2) is 8.26. The summed E-state index contributed by atoms with van der Waals surface area (Å²) < 4.78 is 6.81. The lowest BCUT2D eigenvalue weighted by atomic mass is 10.2. The molecule has 2 nitrogen and oxygen atoms in total. The zero-order valence-electron chi connectivity index (χ0n) is 12.4. The highest BCUT2D eigenvalue weighted by molar-refractivity contribution is 9.10. The molecule has 6 heteroatoms. The Hall–Kier alpha value is -1.20. The SMILES string of the molecule is Clc1cccc(Sc2ncc(Br)cc2OCc2ccccc2)c1Cl. The van der Waals surface area contributed by atoms with Gasteiger partial charge < -0.3 is 4.74 Å². The number of halogens is 3. The maximum Gasteiger partial charge on any atom is 0.153 e. The molecule has 0 fully saturated rings. The molecule has 1 aromatic heterocycles. The topological polar surface area (TPSA) is 22.1 Å². The molecule has 0 bridgehead atoms. The molecule has 1 heterocycles. The molecule has 0 aliphatic rings. The van der Waals surface area contributed by atoms with E-state index in [0.29, 0.717) is 22.4 Å². The van der Waals surface area contributed by atoms with Gasteiger partial charge in [-0.25, -0.2) is 4.98 Å². The monoisotopic (exact) mass is 439 g/mol. The highest BCUT2D eigenvalue weighted by atomic mass is 79.9. The predicted octanol–water partition coefficient (Wildman–Crippen LogP) is 6.88. The van der Waals surface area contributed by atoms with E-state index in [1.807, 2.05) is 48.5 Å². The van der Waals surface area contributed by atoms with Gasteiger partial charge in [-0.1, -0.05) is 71.4 Å². The zero-order valence-corrected chi connectivity index (χ0v) is 16.3. The lowest BCUT2D eigenvalue weighted by Crippen LogP contribution is -1.97. The third-order valence-corrected chi connectivity index (χ3v) is 5.57. The molecule has 3 aromatic rings. The van der Waals surface area contributed by atoms with Gasteiger partial charge in [-0.2, -0.15) is 0 Å². The molecular weight excluding hydrogens is 429 g/mol. The molecule has 0 aliphatic carbocycles. The zero-order chi connectivity index (χ0) is 16.9. The van der Waals surface area contributed by atoms with Crippen LogP contribution < -0.4 is 4.74 Å². The van der Waals surface area contributed by atoms with Gasteiger partial charge in [-0.3, -0.25) is 0 Å². The van der Waals surface area contributed by atoms with Crippen LogP contribution in [0, 0.1) is 0 Å². The molecule has 0 aliphatic heterocycles. The van der Waals surface area contributed by atoms with E-state index in [-0.39, 0.29) is 0 Å². The molecule has 0 saturated carbocycles. The van der Waals surface area contributed by atoms with Crippen molar-refractivity contribution in [1.29, 1.82) is 0 Å². The molecule has 0 atom stereocenters. The molecule has 24 heavy (non-hydrogen) atoms. The quantitative estimate of drug-likeness (QED) is 0.431. The van der Waals surface area contributed by atoms with Crippen molar-refractivity contribution in [2.75, 3.05) is 0 Å². The Balaban J connectivity index is 1.84. The van der Waals surface area contributed by atoms with E-state index >= 15 is 0 Å². The first-order valence-corrected chi connectivity index (χ1v) is 9.44. The Bertz CT molecular complexity index is 846. The largest absolute Gasteiger partial charge is 0.486 e. The Labute approximate surface area is 163 Å². The van der Waals surface area contributed by atoms with E-state index in [0.717, 1.165) is 20.0 Å². The summed E-state index contributed by atoms with van der Waals surface area (Å²) in [6, 6.07) is 17.4. The number of hydrogen-bond acceptors (Lipinski definition) is 3. The Morgan fingerprint density at radius 2 is 1.83 bits per heavy atom. The number of pyridine rings is 1. The number of benzene rings is 2. The van der Waals surface area contributed by atoms with Crippen LogP contribution in [0.5, 0.6) is 5.75 Å². The average molecular weight is 441 g/mol. The highest BCUT2D eigenvalue weighted by Gasteiger charge is 2.12. The smallest absolute Gasteiger partial charge is 0.153 e. The van der Waals surface area contributed by atoms with Crippen LogP contribution >= 0.6 is 50.9 Å². The molecule has 0 radical (unpaired) electrons. The summed E-state index contributed by atoms with van der Waals surface area (Å²) in [5.74, 6) is 0.689. The fourth-order valence-corrected chi connectivity index (χ4v) is 3.65. The minimum Gasteiger partial charge on any atom is -0.486 e. The van der Waals surface area contributed by atoms with E-state index in [1.165, 1.54) is 11.8 Å². The Morgan fingerprint density at radius 3 is 2.62 bits per heavy atom. The van der Waals surface area contributed by atoms with Gasteiger partial charge in [0.15, 0.2) is 5.75 Å². The van der Waals surface area contributed by atoms with Crippen LogP contribution in [0.3, 0.4) is 0 Å². The molecule has 3 rings (SSSR count).